The maximum atomic E-state index is 9.12. The van der Waals surface area contributed by atoms with Gasteiger partial charge < -0.3 is 35.0 Å². The first-order chi connectivity index (χ1) is 9.51. The summed E-state index contributed by atoms with van der Waals surface area (Å²) in [5.41, 5.74) is 0. The number of ether oxygens (including phenoxy) is 2. The number of rotatable bonds is 2. The molecule has 0 aromatic carbocycles. The van der Waals surface area contributed by atoms with Gasteiger partial charge in [0, 0.05) is 6.61 Å². The molecular weight excluding hydrogens is 268 g/mol. The molecule has 120 valence electrons. The third-order valence-corrected chi connectivity index (χ3v) is 3.60. The predicted octanol–water partition coefficient (Wildman–Crippen LogP) is -1.26. The molecule has 20 heavy (non-hydrogen) atoms. The minimum absolute atomic E-state index is 0.526. The van der Waals surface area contributed by atoms with Gasteiger partial charge in [-0.3, -0.25) is 0 Å². The van der Waals surface area contributed by atoms with Crippen molar-refractivity contribution in [2.45, 2.75) is 69.4 Å². The zero-order valence-corrected chi connectivity index (χ0v) is 11.8. The highest BCUT2D eigenvalue weighted by molar-refractivity contribution is 4.87. The van der Waals surface area contributed by atoms with E-state index in [1.54, 1.807) is 0 Å². The molecule has 0 amide bonds. The summed E-state index contributed by atoms with van der Waals surface area (Å²) in [5.74, 6) is 0. The van der Waals surface area contributed by atoms with E-state index in [0.717, 1.165) is 6.61 Å². The van der Waals surface area contributed by atoms with Crippen molar-refractivity contribution in [2.24, 2.45) is 0 Å². The van der Waals surface area contributed by atoms with Gasteiger partial charge in [0.15, 0.2) is 6.29 Å². The van der Waals surface area contributed by atoms with Crippen molar-refractivity contribution >= 4 is 0 Å². The van der Waals surface area contributed by atoms with Crippen molar-refractivity contribution in [3.8, 4) is 0 Å². The van der Waals surface area contributed by atoms with Crippen LogP contribution in [0.2, 0.25) is 0 Å². The van der Waals surface area contributed by atoms with Crippen molar-refractivity contribution in [1.29, 1.82) is 0 Å². The lowest BCUT2D eigenvalue weighted by molar-refractivity contribution is -0.286. The largest absolute Gasteiger partial charge is 0.394 e. The fourth-order valence-corrected chi connectivity index (χ4v) is 2.21. The Morgan fingerprint density at radius 1 is 1.00 bits per heavy atom. The number of aliphatic hydroxyl groups is 5. The van der Waals surface area contributed by atoms with Crippen molar-refractivity contribution in [3.05, 3.63) is 0 Å². The summed E-state index contributed by atoms with van der Waals surface area (Å²) >= 11 is 0. The van der Waals surface area contributed by atoms with Crippen LogP contribution in [0.1, 0.15) is 32.6 Å². The van der Waals surface area contributed by atoms with E-state index in [1.807, 2.05) is 0 Å². The Hall–Kier alpha value is -0.280. The highest BCUT2D eigenvalue weighted by Crippen LogP contribution is 2.19. The van der Waals surface area contributed by atoms with Gasteiger partial charge in [0.05, 0.1) is 12.7 Å². The Bertz CT molecular complexity index is 252. The molecule has 5 N–H and O–H groups in total. The normalized spacial score (nSPS) is 41.7. The number of hydrogen-bond acceptors (Lipinski definition) is 7. The molecule has 2 heterocycles. The summed E-state index contributed by atoms with van der Waals surface area (Å²) in [5, 5.41) is 44.7. The molecule has 0 aliphatic carbocycles. The molecule has 7 nitrogen and oxygen atoms in total. The van der Waals surface area contributed by atoms with E-state index < -0.39 is 37.3 Å². The Balaban J connectivity index is 0.000000217. The van der Waals surface area contributed by atoms with Crippen LogP contribution >= 0.6 is 0 Å². The average Bonchev–Trinajstić information content (AvgIpc) is 2.50. The standard InChI is InChI=1S/C7H14O.C6H12O6/c1-2-7-5-3-4-6-8-7;7-1-2-3(8)4(9)5(10)6(11)12-2/h7H,2-6H2,1H3;2-11H,1H2. The van der Waals surface area contributed by atoms with Gasteiger partial charge in [-0.2, -0.15) is 0 Å². The maximum Gasteiger partial charge on any atom is 0.184 e. The van der Waals surface area contributed by atoms with Gasteiger partial charge in [0.2, 0.25) is 0 Å². The molecular formula is C13H26O7. The smallest absolute Gasteiger partial charge is 0.184 e. The van der Waals surface area contributed by atoms with Gasteiger partial charge in [-0.1, -0.05) is 6.92 Å². The highest BCUT2D eigenvalue weighted by Gasteiger charge is 2.42. The molecule has 6 atom stereocenters. The Morgan fingerprint density at radius 2 is 1.70 bits per heavy atom. The molecule has 2 fully saturated rings. The van der Waals surface area contributed by atoms with Crippen LogP contribution < -0.4 is 0 Å². The van der Waals surface area contributed by atoms with Crippen LogP contribution in [0.3, 0.4) is 0 Å². The second kappa shape index (κ2) is 8.89. The number of aliphatic hydroxyl groups excluding tert-OH is 5. The zero-order chi connectivity index (χ0) is 15.1. The van der Waals surface area contributed by atoms with Crippen molar-refractivity contribution < 1.29 is 35.0 Å². The average molecular weight is 294 g/mol. The Kier molecular flexibility index (Phi) is 7.90. The van der Waals surface area contributed by atoms with E-state index in [9.17, 15) is 0 Å². The van der Waals surface area contributed by atoms with E-state index in [2.05, 4.69) is 11.7 Å². The van der Waals surface area contributed by atoms with Crippen LogP contribution in [0.5, 0.6) is 0 Å². The van der Waals surface area contributed by atoms with Crippen molar-refractivity contribution in [3.63, 3.8) is 0 Å². The monoisotopic (exact) mass is 294 g/mol. The molecule has 0 aromatic rings. The van der Waals surface area contributed by atoms with Crippen LogP contribution in [-0.2, 0) is 9.47 Å². The third kappa shape index (κ3) is 4.92. The molecule has 0 bridgehead atoms. The van der Waals surface area contributed by atoms with Gasteiger partial charge in [-0.05, 0) is 25.7 Å². The van der Waals surface area contributed by atoms with E-state index in [-0.39, 0.29) is 0 Å². The lowest BCUT2D eigenvalue weighted by atomic mass is 10.00. The fraction of sp³-hybridized carbons (Fsp3) is 1.00. The summed E-state index contributed by atoms with van der Waals surface area (Å²) in [4.78, 5) is 0. The first-order valence-electron chi connectivity index (χ1n) is 7.11. The molecule has 0 saturated carbocycles. The molecule has 2 saturated heterocycles. The summed E-state index contributed by atoms with van der Waals surface area (Å²) in [6.45, 7) is 2.66. The van der Waals surface area contributed by atoms with E-state index in [1.165, 1.54) is 25.7 Å². The highest BCUT2D eigenvalue weighted by atomic mass is 16.6. The Labute approximate surface area is 118 Å². The molecule has 2 aliphatic rings. The predicted molar refractivity (Wildman–Crippen MR) is 69.9 cm³/mol. The summed E-state index contributed by atoms with van der Waals surface area (Å²) in [7, 11) is 0. The van der Waals surface area contributed by atoms with E-state index in [4.69, 9.17) is 30.3 Å². The van der Waals surface area contributed by atoms with Crippen LogP contribution in [0.4, 0.5) is 0 Å². The van der Waals surface area contributed by atoms with E-state index in [0.29, 0.717) is 6.10 Å². The van der Waals surface area contributed by atoms with Crippen LogP contribution in [0, 0.1) is 0 Å². The molecule has 7 heteroatoms. The molecule has 2 aliphatic heterocycles. The zero-order valence-electron chi connectivity index (χ0n) is 11.8. The SMILES string of the molecule is CCC1CCCCO1.OCC1OC(O)C(O)C(O)C1O. The second-order valence-electron chi connectivity index (χ2n) is 5.12. The lowest BCUT2D eigenvalue weighted by Gasteiger charge is -2.37. The number of hydrogen-bond donors (Lipinski definition) is 5. The minimum Gasteiger partial charge on any atom is -0.394 e. The summed E-state index contributed by atoms with van der Waals surface area (Å²) < 4.78 is 10.0. The Morgan fingerprint density at radius 3 is 2.15 bits per heavy atom. The van der Waals surface area contributed by atoms with Gasteiger partial charge >= 0.3 is 0 Å². The van der Waals surface area contributed by atoms with Crippen molar-refractivity contribution in [1.82, 2.24) is 0 Å². The van der Waals surface area contributed by atoms with Gasteiger partial charge in [-0.25, -0.2) is 0 Å². The van der Waals surface area contributed by atoms with E-state index >= 15 is 0 Å². The van der Waals surface area contributed by atoms with Crippen LogP contribution in [-0.4, -0.2) is 75.6 Å². The quantitative estimate of drug-likeness (QED) is 0.431. The topological polar surface area (TPSA) is 120 Å². The molecule has 2 rings (SSSR count). The molecule has 0 radical (unpaired) electrons. The first kappa shape index (κ1) is 17.8. The van der Waals surface area contributed by atoms with Crippen molar-refractivity contribution in [2.75, 3.05) is 13.2 Å². The summed E-state index contributed by atoms with van der Waals surface area (Å²) in [6, 6.07) is 0. The maximum absolute atomic E-state index is 9.12. The minimum atomic E-state index is -1.57. The van der Waals surface area contributed by atoms with Gasteiger partial charge in [-0.15, -0.1) is 0 Å². The lowest BCUT2D eigenvalue weighted by Crippen LogP contribution is -2.58. The third-order valence-electron chi connectivity index (χ3n) is 3.60. The van der Waals surface area contributed by atoms with Gasteiger partial charge in [0.1, 0.15) is 24.4 Å². The van der Waals surface area contributed by atoms with Crippen LogP contribution in [0.15, 0.2) is 0 Å². The summed E-state index contributed by atoms with van der Waals surface area (Å²) in [6.07, 6.45) is -1.32. The first-order valence-corrected chi connectivity index (χ1v) is 7.11. The second-order valence-corrected chi connectivity index (χ2v) is 5.12. The van der Waals surface area contributed by atoms with Gasteiger partial charge in [0.25, 0.3) is 0 Å². The fourth-order valence-electron chi connectivity index (χ4n) is 2.21. The van der Waals surface area contributed by atoms with Crippen LogP contribution in [0.25, 0.3) is 0 Å². The molecule has 0 aromatic heterocycles. The molecule has 6 unspecified atom stereocenters. The molecule has 0 spiro atoms.